The van der Waals surface area contributed by atoms with Gasteiger partial charge in [-0.1, -0.05) is 84.9 Å². The van der Waals surface area contributed by atoms with E-state index in [0.29, 0.717) is 17.1 Å². The third-order valence-corrected chi connectivity index (χ3v) is 6.32. The van der Waals surface area contributed by atoms with Crippen LogP contribution in [0.4, 0.5) is 31.4 Å². The number of esters is 1. The number of hydrogen-bond donors (Lipinski definition) is 3. The number of nitrogens with one attached hydrogen (secondary N) is 3. The van der Waals surface area contributed by atoms with Gasteiger partial charge in [-0.15, -0.1) is 0 Å². The Hall–Kier alpha value is -5.84. The lowest BCUT2D eigenvalue weighted by Crippen LogP contribution is -2.45. The van der Waals surface area contributed by atoms with Crippen LogP contribution in [0.3, 0.4) is 0 Å². The van der Waals surface area contributed by atoms with Crippen LogP contribution < -0.4 is 16.0 Å². The topological polar surface area (TPSA) is 141 Å². The van der Waals surface area contributed by atoms with E-state index in [1.54, 1.807) is 115 Å². The number of hydrogen-bond acceptors (Lipinski definition) is 8. The van der Waals surface area contributed by atoms with Crippen LogP contribution in [-0.2, 0) is 30.2 Å². The average molecular weight is 612 g/mol. The van der Waals surface area contributed by atoms with Gasteiger partial charge in [0.05, 0.1) is 6.42 Å². The first-order chi connectivity index (χ1) is 21.9. The van der Waals surface area contributed by atoms with E-state index in [-0.39, 0.29) is 6.42 Å². The minimum Gasteiger partial charge on any atom is -0.464 e. The largest absolute Gasteiger partial charge is 0.464 e. The highest BCUT2D eigenvalue weighted by Crippen LogP contribution is 2.23. The Bertz CT molecular complexity index is 1290. The normalized spacial score (nSPS) is 10.6. The maximum absolute atomic E-state index is 12.8. The third-order valence-electron chi connectivity index (χ3n) is 6.32. The zero-order valence-electron chi connectivity index (χ0n) is 24.3. The zero-order chi connectivity index (χ0) is 31.7. The van der Waals surface area contributed by atoms with Gasteiger partial charge in [-0.25, -0.2) is 14.4 Å². The predicted octanol–water partition coefficient (Wildman–Crippen LogP) is 6.50. The number of carbonyl (C=O) groups is 4. The van der Waals surface area contributed by atoms with Crippen LogP contribution in [0, 0.1) is 5.41 Å². The lowest BCUT2D eigenvalue weighted by Gasteiger charge is -2.31. The maximum Gasteiger partial charge on any atom is 0.411 e. The van der Waals surface area contributed by atoms with Gasteiger partial charge in [0.15, 0.2) is 0 Å². The van der Waals surface area contributed by atoms with Crippen LogP contribution in [-0.4, -0.2) is 50.7 Å². The summed E-state index contributed by atoms with van der Waals surface area (Å²) in [7, 11) is 0. The van der Waals surface area contributed by atoms with Crippen molar-refractivity contribution in [3.8, 4) is 0 Å². The van der Waals surface area contributed by atoms with E-state index >= 15 is 0 Å². The molecule has 3 N–H and O–H groups in total. The molecular formula is C34H33N3O8. The molecule has 232 valence electrons. The Morgan fingerprint density at radius 2 is 0.756 bits per heavy atom. The van der Waals surface area contributed by atoms with Crippen LogP contribution in [0.15, 0.2) is 121 Å². The minimum atomic E-state index is -1.48. The molecule has 11 nitrogen and oxygen atoms in total. The highest BCUT2D eigenvalue weighted by atomic mass is 16.6. The first kappa shape index (κ1) is 32.1. The molecule has 0 saturated carbocycles. The Morgan fingerprint density at radius 1 is 0.444 bits per heavy atom. The summed E-state index contributed by atoms with van der Waals surface area (Å²) in [5, 5.41) is 7.79. The van der Waals surface area contributed by atoms with Crippen molar-refractivity contribution < 1.29 is 38.1 Å². The van der Waals surface area contributed by atoms with E-state index in [9.17, 15) is 19.2 Å². The molecule has 3 amide bonds. The Morgan fingerprint density at radius 3 is 1.11 bits per heavy atom. The molecule has 0 unspecified atom stereocenters. The molecule has 0 aliphatic rings. The summed E-state index contributed by atoms with van der Waals surface area (Å²) < 4.78 is 22.1. The smallest absolute Gasteiger partial charge is 0.411 e. The molecule has 0 radical (unpaired) electrons. The van der Waals surface area contributed by atoms with Crippen LogP contribution in [0.25, 0.3) is 0 Å². The maximum atomic E-state index is 12.8. The highest BCUT2D eigenvalue weighted by Gasteiger charge is 2.38. The minimum absolute atomic E-state index is 0.0308. The van der Waals surface area contributed by atoms with Gasteiger partial charge >= 0.3 is 24.2 Å². The Balaban J connectivity index is 1.50. The van der Waals surface area contributed by atoms with Crippen LogP contribution in [0.1, 0.15) is 5.56 Å². The molecule has 4 rings (SSSR count). The highest BCUT2D eigenvalue weighted by molar-refractivity contribution is 5.86. The fourth-order valence-corrected chi connectivity index (χ4v) is 3.98. The average Bonchev–Trinajstić information content (AvgIpc) is 3.06. The fraction of sp³-hybridized carbons (Fsp3) is 0.176. The van der Waals surface area contributed by atoms with Gasteiger partial charge in [0.1, 0.15) is 31.8 Å². The number of carbonyl (C=O) groups excluding carboxylic acids is 4. The van der Waals surface area contributed by atoms with E-state index in [1.165, 1.54) is 0 Å². The van der Waals surface area contributed by atoms with E-state index in [2.05, 4.69) is 16.0 Å². The molecule has 0 fully saturated rings. The molecule has 0 atom stereocenters. The summed E-state index contributed by atoms with van der Waals surface area (Å²) in [6.45, 7) is -1.74. The van der Waals surface area contributed by atoms with Crippen molar-refractivity contribution >= 4 is 41.3 Å². The zero-order valence-corrected chi connectivity index (χ0v) is 24.3. The summed E-state index contributed by atoms with van der Waals surface area (Å²) in [5.74, 6) is -0.582. The standard InChI is InChI=1S/C34H33N3O8/c38-30(21-26-13-5-1-6-14-26)42-22-34(23-43-31(39)35-27-15-7-2-8-16-27,24-44-32(40)36-28-17-9-3-10-18-28)25-45-33(41)37-29-19-11-4-12-20-29/h1-20H,21-25H2,(H,35,39)(H,36,40)(H,37,41). The van der Waals surface area contributed by atoms with Crippen molar-refractivity contribution in [1.82, 2.24) is 0 Å². The molecule has 4 aromatic carbocycles. The Labute approximate surface area is 260 Å². The number of rotatable bonds is 13. The van der Waals surface area contributed by atoms with E-state index in [0.717, 1.165) is 5.56 Å². The molecule has 11 heteroatoms. The molecule has 0 spiro atoms. The van der Waals surface area contributed by atoms with Gasteiger partial charge in [-0.05, 0) is 42.0 Å². The van der Waals surface area contributed by atoms with Crippen molar-refractivity contribution in [2.24, 2.45) is 5.41 Å². The van der Waals surface area contributed by atoms with Gasteiger partial charge in [0.25, 0.3) is 0 Å². The molecule has 0 bridgehead atoms. The van der Waals surface area contributed by atoms with Crippen molar-refractivity contribution in [1.29, 1.82) is 0 Å². The fourth-order valence-electron chi connectivity index (χ4n) is 3.98. The van der Waals surface area contributed by atoms with Gasteiger partial charge in [-0.3, -0.25) is 20.7 Å². The van der Waals surface area contributed by atoms with Crippen molar-refractivity contribution in [3.05, 3.63) is 127 Å². The van der Waals surface area contributed by atoms with E-state index < -0.39 is 56.1 Å². The lowest BCUT2D eigenvalue weighted by atomic mass is 9.92. The molecular weight excluding hydrogens is 578 g/mol. The monoisotopic (exact) mass is 611 g/mol. The molecule has 0 heterocycles. The molecule has 0 aromatic heterocycles. The SMILES string of the molecule is O=C(Cc1ccccc1)OCC(COC(=O)Nc1ccccc1)(COC(=O)Nc1ccccc1)COC(=O)Nc1ccccc1. The first-order valence-corrected chi connectivity index (χ1v) is 14.1. The van der Waals surface area contributed by atoms with Crippen LogP contribution in [0.2, 0.25) is 0 Å². The van der Waals surface area contributed by atoms with Crippen molar-refractivity contribution in [3.63, 3.8) is 0 Å². The first-order valence-electron chi connectivity index (χ1n) is 14.1. The summed E-state index contributed by atoms with van der Waals surface area (Å²) in [6, 6.07) is 34.8. The van der Waals surface area contributed by atoms with Crippen molar-refractivity contribution in [2.75, 3.05) is 42.4 Å². The van der Waals surface area contributed by atoms with Crippen LogP contribution in [0.5, 0.6) is 0 Å². The van der Waals surface area contributed by atoms with Crippen LogP contribution >= 0.6 is 0 Å². The van der Waals surface area contributed by atoms with Gasteiger partial charge in [0, 0.05) is 17.1 Å². The quantitative estimate of drug-likeness (QED) is 0.115. The summed E-state index contributed by atoms with van der Waals surface area (Å²) in [4.78, 5) is 51.0. The second-order valence-corrected chi connectivity index (χ2v) is 10.0. The van der Waals surface area contributed by atoms with E-state index in [1.807, 2.05) is 6.07 Å². The number of ether oxygens (including phenoxy) is 4. The van der Waals surface area contributed by atoms with E-state index in [4.69, 9.17) is 18.9 Å². The molecule has 0 aliphatic carbocycles. The summed E-state index contributed by atoms with van der Waals surface area (Å²) >= 11 is 0. The predicted molar refractivity (Wildman–Crippen MR) is 168 cm³/mol. The lowest BCUT2D eigenvalue weighted by molar-refractivity contribution is -0.150. The molecule has 0 aliphatic heterocycles. The summed E-state index contributed by atoms with van der Waals surface area (Å²) in [6.07, 6.45) is -2.48. The summed E-state index contributed by atoms with van der Waals surface area (Å²) in [5.41, 5.74) is 0.698. The number of benzene rings is 4. The van der Waals surface area contributed by atoms with Gasteiger partial charge in [-0.2, -0.15) is 0 Å². The molecule has 45 heavy (non-hydrogen) atoms. The third kappa shape index (κ3) is 11.4. The number of anilines is 3. The number of para-hydroxylation sites is 3. The van der Waals surface area contributed by atoms with Crippen molar-refractivity contribution in [2.45, 2.75) is 6.42 Å². The second kappa shape index (κ2) is 16.7. The molecule has 0 saturated heterocycles. The number of amides is 3. The Kier molecular flexibility index (Phi) is 11.9. The van der Waals surface area contributed by atoms with Gasteiger partial charge < -0.3 is 18.9 Å². The molecule has 4 aromatic rings. The van der Waals surface area contributed by atoms with Gasteiger partial charge in [0.2, 0.25) is 0 Å². The second-order valence-electron chi connectivity index (χ2n) is 10.0.